The average Bonchev–Trinajstić information content (AvgIpc) is 2.29. The highest BCUT2D eigenvalue weighted by Crippen LogP contribution is 1.99. The van der Waals surface area contributed by atoms with Gasteiger partial charge in [-0.05, 0) is 41.0 Å². The van der Waals surface area contributed by atoms with Crippen molar-refractivity contribution >= 4 is 15.9 Å². The van der Waals surface area contributed by atoms with E-state index in [1.165, 1.54) is 0 Å². The SMILES string of the molecule is COCCCNCCn1cccc(Br)c1=O. The number of pyridine rings is 1. The summed E-state index contributed by atoms with van der Waals surface area (Å²) < 4.78 is 7.23. The molecule has 0 bridgehead atoms. The molecule has 0 saturated heterocycles. The zero-order valence-corrected chi connectivity index (χ0v) is 11.0. The number of nitrogens with one attached hydrogen (secondary N) is 1. The Morgan fingerprint density at radius 1 is 1.50 bits per heavy atom. The van der Waals surface area contributed by atoms with E-state index in [0.29, 0.717) is 11.0 Å². The Morgan fingerprint density at radius 2 is 2.31 bits per heavy atom. The summed E-state index contributed by atoms with van der Waals surface area (Å²) in [6.45, 7) is 3.16. The van der Waals surface area contributed by atoms with E-state index in [4.69, 9.17) is 4.74 Å². The Kier molecular flexibility index (Phi) is 6.37. The van der Waals surface area contributed by atoms with Crippen molar-refractivity contribution in [2.24, 2.45) is 0 Å². The van der Waals surface area contributed by atoms with Crippen LogP contribution in [0.25, 0.3) is 0 Å². The third-order valence-electron chi connectivity index (χ3n) is 2.21. The Hall–Kier alpha value is -0.650. The van der Waals surface area contributed by atoms with Crippen LogP contribution < -0.4 is 10.9 Å². The van der Waals surface area contributed by atoms with Crippen LogP contribution in [0, 0.1) is 0 Å². The van der Waals surface area contributed by atoms with Gasteiger partial charge in [0, 0.05) is 33.0 Å². The number of nitrogens with zero attached hydrogens (tertiary/aromatic N) is 1. The molecule has 1 N–H and O–H groups in total. The molecule has 0 unspecified atom stereocenters. The Morgan fingerprint density at radius 3 is 3.06 bits per heavy atom. The predicted octanol–water partition coefficient (Wildman–Crippen LogP) is 1.24. The number of halogens is 1. The molecule has 4 nitrogen and oxygen atoms in total. The molecule has 0 atom stereocenters. The number of ether oxygens (including phenoxy) is 1. The van der Waals surface area contributed by atoms with Crippen LogP contribution in [0.1, 0.15) is 6.42 Å². The maximum atomic E-state index is 11.6. The second-order valence-corrected chi connectivity index (χ2v) is 4.31. The third kappa shape index (κ3) is 4.47. The first kappa shape index (κ1) is 13.4. The van der Waals surface area contributed by atoms with Gasteiger partial charge in [0.1, 0.15) is 0 Å². The first-order chi connectivity index (χ1) is 7.75. The molecule has 1 aromatic rings. The summed E-state index contributed by atoms with van der Waals surface area (Å²) in [5.74, 6) is 0. The van der Waals surface area contributed by atoms with Crippen molar-refractivity contribution in [1.82, 2.24) is 9.88 Å². The second-order valence-electron chi connectivity index (χ2n) is 3.45. The Bertz CT molecular complexity index is 365. The lowest BCUT2D eigenvalue weighted by Gasteiger charge is -2.07. The molecule has 0 radical (unpaired) electrons. The van der Waals surface area contributed by atoms with E-state index in [0.717, 1.165) is 26.1 Å². The summed E-state index contributed by atoms with van der Waals surface area (Å²) in [5, 5.41) is 3.26. The van der Waals surface area contributed by atoms with Crippen LogP contribution in [0.4, 0.5) is 0 Å². The molecule has 0 aliphatic carbocycles. The van der Waals surface area contributed by atoms with Gasteiger partial charge in [-0.3, -0.25) is 4.79 Å². The minimum atomic E-state index is 0.0150. The van der Waals surface area contributed by atoms with Crippen LogP contribution in [0.3, 0.4) is 0 Å². The smallest absolute Gasteiger partial charge is 0.264 e. The van der Waals surface area contributed by atoms with Crippen LogP contribution in [-0.4, -0.2) is 31.4 Å². The third-order valence-corrected chi connectivity index (χ3v) is 2.81. The molecular formula is C11H17BrN2O2. The standard InChI is InChI=1S/C11H17BrN2O2/c1-16-9-3-5-13-6-8-14-7-2-4-10(12)11(14)15/h2,4,7,13H,3,5-6,8-9H2,1H3. The molecule has 0 fully saturated rings. The monoisotopic (exact) mass is 288 g/mol. The van der Waals surface area contributed by atoms with Crippen LogP contribution in [0.15, 0.2) is 27.6 Å². The van der Waals surface area contributed by atoms with Gasteiger partial charge < -0.3 is 14.6 Å². The number of rotatable bonds is 7. The summed E-state index contributed by atoms with van der Waals surface area (Å²) in [7, 11) is 1.70. The van der Waals surface area contributed by atoms with Crippen molar-refractivity contribution in [1.29, 1.82) is 0 Å². The van der Waals surface area contributed by atoms with Gasteiger partial charge in [-0.2, -0.15) is 0 Å². The fourth-order valence-corrected chi connectivity index (χ4v) is 1.73. The molecule has 0 saturated carbocycles. The maximum Gasteiger partial charge on any atom is 0.264 e. The van der Waals surface area contributed by atoms with Crippen molar-refractivity contribution in [3.8, 4) is 0 Å². The molecule has 0 spiro atoms. The molecule has 0 aliphatic rings. The molecule has 0 aliphatic heterocycles. The van der Waals surface area contributed by atoms with Crippen LogP contribution in [0.2, 0.25) is 0 Å². The molecule has 0 amide bonds. The van der Waals surface area contributed by atoms with E-state index < -0.39 is 0 Å². The van der Waals surface area contributed by atoms with E-state index in [-0.39, 0.29) is 5.56 Å². The summed E-state index contributed by atoms with van der Waals surface area (Å²) in [6, 6.07) is 3.61. The second kappa shape index (κ2) is 7.60. The van der Waals surface area contributed by atoms with Crippen LogP contribution in [-0.2, 0) is 11.3 Å². The first-order valence-corrected chi connectivity index (χ1v) is 6.09. The highest BCUT2D eigenvalue weighted by atomic mass is 79.9. The fourth-order valence-electron chi connectivity index (χ4n) is 1.35. The molecule has 0 aromatic carbocycles. The van der Waals surface area contributed by atoms with Gasteiger partial charge in [0.2, 0.25) is 0 Å². The van der Waals surface area contributed by atoms with Gasteiger partial charge in [-0.1, -0.05) is 0 Å². The largest absolute Gasteiger partial charge is 0.385 e. The molecule has 1 heterocycles. The number of aromatic nitrogens is 1. The lowest BCUT2D eigenvalue weighted by molar-refractivity contribution is 0.194. The van der Waals surface area contributed by atoms with Gasteiger partial charge in [-0.25, -0.2) is 0 Å². The lowest BCUT2D eigenvalue weighted by atomic mass is 10.4. The average molecular weight is 289 g/mol. The minimum absolute atomic E-state index is 0.0150. The highest BCUT2D eigenvalue weighted by molar-refractivity contribution is 9.10. The van der Waals surface area contributed by atoms with Crippen molar-refractivity contribution in [2.75, 3.05) is 26.8 Å². The van der Waals surface area contributed by atoms with Crippen LogP contribution in [0.5, 0.6) is 0 Å². The molecular weight excluding hydrogens is 272 g/mol. The maximum absolute atomic E-state index is 11.6. The van der Waals surface area contributed by atoms with E-state index in [2.05, 4.69) is 21.2 Å². The lowest BCUT2D eigenvalue weighted by Crippen LogP contribution is -2.27. The van der Waals surface area contributed by atoms with Crippen molar-refractivity contribution < 1.29 is 4.74 Å². The van der Waals surface area contributed by atoms with Gasteiger partial charge in [0.15, 0.2) is 0 Å². The van der Waals surface area contributed by atoms with Crippen molar-refractivity contribution in [3.05, 3.63) is 33.2 Å². The summed E-state index contributed by atoms with van der Waals surface area (Å²) in [4.78, 5) is 11.6. The Balaban J connectivity index is 2.27. The van der Waals surface area contributed by atoms with E-state index >= 15 is 0 Å². The first-order valence-electron chi connectivity index (χ1n) is 5.30. The number of hydrogen-bond donors (Lipinski definition) is 1. The molecule has 1 rings (SSSR count). The fraction of sp³-hybridized carbons (Fsp3) is 0.545. The summed E-state index contributed by atoms with van der Waals surface area (Å²) in [6.07, 6.45) is 2.79. The summed E-state index contributed by atoms with van der Waals surface area (Å²) in [5.41, 5.74) is 0.0150. The highest BCUT2D eigenvalue weighted by Gasteiger charge is 1.98. The topological polar surface area (TPSA) is 43.3 Å². The van der Waals surface area contributed by atoms with Gasteiger partial charge >= 0.3 is 0 Å². The summed E-state index contributed by atoms with van der Waals surface area (Å²) >= 11 is 3.22. The minimum Gasteiger partial charge on any atom is -0.385 e. The van der Waals surface area contributed by atoms with Gasteiger partial charge in [-0.15, -0.1) is 0 Å². The van der Waals surface area contributed by atoms with E-state index in [1.807, 2.05) is 6.07 Å². The van der Waals surface area contributed by atoms with Crippen molar-refractivity contribution in [3.63, 3.8) is 0 Å². The molecule has 1 aromatic heterocycles. The molecule has 16 heavy (non-hydrogen) atoms. The molecule has 5 heteroatoms. The van der Waals surface area contributed by atoms with Crippen molar-refractivity contribution in [2.45, 2.75) is 13.0 Å². The quantitative estimate of drug-likeness (QED) is 0.768. The molecule has 90 valence electrons. The normalized spacial score (nSPS) is 10.6. The zero-order valence-electron chi connectivity index (χ0n) is 9.41. The van der Waals surface area contributed by atoms with E-state index in [9.17, 15) is 4.79 Å². The zero-order chi connectivity index (χ0) is 11.8. The van der Waals surface area contributed by atoms with Crippen LogP contribution >= 0.6 is 15.9 Å². The Labute approximate surface area is 104 Å². The number of methoxy groups -OCH3 is 1. The number of hydrogen-bond acceptors (Lipinski definition) is 3. The predicted molar refractivity (Wildman–Crippen MR) is 67.8 cm³/mol. The van der Waals surface area contributed by atoms with E-state index in [1.54, 1.807) is 23.9 Å². The van der Waals surface area contributed by atoms with Gasteiger partial charge in [0.25, 0.3) is 5.56 Å². The van der Waals surface area contributed by atoms with Gasteiger partial charge in [0.05, 0.1) is 4.47 Å².